The molecule has 1 amide bonds. The van der Waals surface area contributed by atoms with Gasteiger partial charge in [-0.15, -0.1) is 12.4 Å². The Labute approximate surface area is 125 Å². The number of ether oxygens (including phenoxy) is 2. The van der Waals surface area contributed by atoms with Gasteiger partial charge in [-0.3, -0.25) is 4.79 Å². The van der Waals surface area contributed by atoms with Crippen LogP contribution >= 0.6 is 12.4 Å². The molecule has 20 heavy (non-hydrogen) atoms. The quantitative estimate of drug-likeness (QED) is 0.868. The Morgan fingerprint density at radius 2 is 1.95 bits per heavy atom. The van der Waals surface area contributed by atoms with E-state index in [1.54, 1.807) is 0 Å². The smallest absolute Gasteiger partial charge is 0.250 e. The van der Waals surface area contributed by atoms with E-state index in [1.165, 1.54) is 0 Å². The van der Waals surface area contributed by atoms with E-state index in [0.717, 1.165) is 24.1 Å². The normalized spacial score (nSPS) is 15.4. The van der Waals surface area contributed by atoms with E-state index in [4.69, 9.17) is 15.2 Å². The molecule has 112 valence electrons. The Balaban J connectivity index is 0.00000200. The lowest BCUT2D eigenvalue weighted by atomic mass is 10.1. The van der Waals surface area contributed by atoms with Crippen molar-refractivity contribution in [3.63, 3.8) is 0 Å². The minimum absolute atomic E-state index is 0. The zero-order valence-electron chi connectivity index (χ0n) is 11.3. The molecule has 5 nitrogen and oxygen atoms in total. The molecular weight excluding hydrogens is 280 g/mol. The minimum Gasteiger partial charge on any atom is -0.381 e. The van der Waals surface area contributed by atoms with Gasteiger partial charge in [-0.1, -0.05) is 12.1 Å². The van der Waals surface area contributed by atoms with Crippen LogP contribution in [0.4, 0.5) is 5.69 Å². The second kappa shape index (κ2) is 8.92. The summed E-state index contributed by atoms with van der Waals surface area (Å²) in [5.41, 5.74) is 7.31. The van der Waals surface area contributed by atoms with E-state index in [0.29, 0.717) is 19.8 Å². The first-order valence-electron chi connectivity index (χ1n) is 6.56. The van der Waals surface area contributed by atoms with Crippen molar-refractivity contribution in [2.24, 2.45) is 5.73 Å². The van der Waals surface area contributed by atoms with Crippen LogP contribution in [0.25, 0.3) is 0 Å². The van der Waals surface area contributed by atoms with E-state index >= 15 is 0 Å². The van der Waals surface area contributed by atoms with E-state index in [1.807, 2.05) is 24.3 Å². The fourth-order valence-electron chi connectivity index (χ4n) is 1.96. The lowest BCUT2D eigenvalue weighted by molar-refractivity contribution is -0.124. The summed E-state index contributed by atoms with van der Waals surface area (Å²) in [5.74, 6) is -0.132. The molecule has 0 unspecified atom stereocenters. The van der Waals surface area contributed by atoms with Crippen molar-refractivity contribution in [1.82, 2.24) is 0 Å². The van der Waals surface area contributed by atoms with Gasteiger partial charge in [0.1, 0.15) is 6.61 Å². The number of halogens is 1. The summed E-state index contributed by atoms with van der Waals surface area (Å²) in [6, 6.07) is 7.48. The van der Waals surface area contributed by atoms with Gasteiger partial charge in [-0.25, -0.2) is 0 Å². The molecule has 0 radical (unpaired) electrons. The van der Waals surface area contributed by atoms with E-state index in [2.05, 4.69) is 5.32 Å². The summed E-state index contributed by atoms with van der Waals surface area (Å²) in [7, 11) is 0. The van der Waals surface area contributed by atoms with Gasteiger partial charge < -0.3 is 20.5 Å². The first-order chi connectivity index (χ1) is 9.28. The molecule has 0 aromatic heterocycles. The van der Waals surface area contributed by atoms with Crippen LogP contribution in [-0.4, -0.2) is 31.8 Å². The Morgan fingerprint density at radius 3 is 2.55 bits per heavy atom. The van der Waals surface area contributed by atoms with Crippen LogP contribution in [0.3, 0.4) is 0 Å². The molecule has 0 aliphatic carbocycles. The zero-order valence-corrected chi connectivity index (χ0v) is 12.2. The monoisotopic (exact) mass is 300 g/mol. The summed E-state index contributed by atoms with van der Waals surface area (Å²) < 4.78 is 10.8. The standard InChI is InChI=1S/C14H20N2O3.ClH/c15-9-11-1-3-12(4-2-11)16-14(17)10-19-13-5-7-18-8-6-13;/h1-4,13H,5-10,15H2,(H,16,17);1H. The van der Waals surface area contributed by atoms with Gasteiger partial charge in [-0.05, 0) is 30.5 Å². The molecule has 1 aromatic carbocycles. The largest absolute Gasteiger partial charge is 0.381 e. The molecule has 6 heteroatoms. The van der Waals surface area contributed by atoms with Crippen molar-refractivity contribution >= 4 is 24.0 Å². The Hall–Kier alpha value is -1.14. The van der Waals surface area contributed by atoms with Gasteiger partial charge in [0.05, 0.1) is 6.10 Å². The van der Waals surface area contributed by atoms with Crippen molar-refractivity contribution in [3.8, 4) is 0 Å². The molecule has 2 rings (SSSR count). The molecule has 1 saturated heterocycles. The summed E-state index contributed by atoms with van der Waals surface area (Å²) in [5, 5.41) is 2.80. The molecule has 0 saturated carbocycles. The van der Waals surface area contributed by atoms with Gasteiger partial charge in [-0.2, -0.15) is 0 Å². The molecular formula is C14H21ClN2O3. The van der Waals surface area contributed by atoms with E-state index < -0.39 is 0 Å². The van der Waals surface area contributed by atoms with Gasteiger partial charge in [0.2, 0.25) is 5.91 Å². The second-order valence-electron chi connectivity index (χ2n) is 4.57. The van der Waals surface area contributed by atoms with Crippen LogP contribution in [0.1, 0.15) is 18.4 Å². The molecule has 1 aliphatic rings. The Morgan fingerprint density at radius 1 is 1.30 bits per heavy atom. The maximum Gasteiger partial charge on any atom is 0.250 e. The SMILES string of the molecule is Cl.NCc1ccc(NC(=O)COC2CCOCC2)cc1. The average Bonchev–Trinajstić information content (AvgIpc) is 2.47. The third kappa shape index (κ3) is 5.46. The van der Waals surface area contributed by atoms with Crippen LogP contribution < -0.4 is 11.1 Å². The molecule has 1 aromatic rings. The van der Waals surface area contributed by atoms with Crippen molar-refractivity contribution in [2.45, 2.75) is 25.5 Å². The van der Waals surface area contributed by atoms with Gasteiger partial charge in [0.25, 0.3) is 0 Å². The van der Waals surface area contributed by atoms with Crippen LogP contribution in [-0.2, 0) is 20.8 Å². The Kier molecular flexibility index (Phi) is 7.54. The first kappa shape index (κ1) is 16.9. The molecule has 0 bridgehead atoms. The predicted molar refractivity (Wildman–Crippen MR) is 80.0 cm³/mol. The minimum atomic E-state index is -0.132. The number of amides is 1. The fourth-order valence-corrected chi connectivity index (χ4v) is 1.96. The van der Waals surface area contributed by atoms with Gasteiger partial charge in [0.15, 0.2) is 0 Å². The lowest BCUT2D eigenvalue weighted by Gasteiger charge is -2.22. The van der Waals surface area contributed by atoms with Crippen molar-refractivity contribution in [1.29, 1.82) is 0 Å². The maximum atomic E-state index is 11.7. The number of hydrogen-bond donors (Lipinski definition) is 2. The van der Waals surface area contributed by atoms with Crippen LogP contribution in [0.2, 0.25) is 0 Å². The summed E-state index contributed by atoms with van der Waals surface area (Å²) in [4.78, 5) is 11.7. The summed E-state index contributed by atoms with van der Waals surface area (Å²) in [6.45, 7) is 2.02. The second-order valence-corrected chi connectivity index (χ2v) is 4.57. The van der Waals surface area contributed by atoms with Crippen molar-refractivity contribution < 1.29 is 14.3 Å². The zero-order chi connectivity index (χ0) is 13.5. The van der Waals surface area contributed by atoms with E-state index in [9.17, 15) is 4.79 Å². The number of carbonyl (C=O) groups excluding carboxylic acids is 1. The number of carbonyl (C=O) groups is 1. The molecule has 3 N–H and O–H groups in total. The molecule has 0 atom stereocenters. The van der Waals surface area contributed by atoms with Crippen molar-refractivity contribution in [3.05, 3.63) is 29.8 Å². The third-order valence-electron chi connectivity index (χ3n) is 3.09. The van der Waals surface area contributed by atoms with E-state index in [-0.39, 0.29) is 31.0 Å². The van der Waals surface area contributed by atoms with Gasteiger partial charge in [0, 0.05) is 25.4 Å². The van der Waals surface area contributed by atoms with Crippen molar-refractivity contribution in [2.75, 3.05) is 25.1 Å². The van der Waals surface area contributed by atoms with Gasteiger partial charge >= 0.3 is 0 Å². The highest BCUT2D eigenvalue weighted by Crippen LogP contribution is 2.11. The molecule has 1 fully saturated rings. The van der Waals surface area contributed by atoms with Crippen LogP contribution in [0.15, 0.2) is 24.3 Å². The highest BCUT2D eigenvalue weighted by Gasteiger charge is 2.15. The number of nitrogens with two attached hydrogens (primary N) is 1. The highest BCUT2D eigenvalue weighted by atomic mass is 35.5. The first-order valence-corrected chi connectivity index (χ1v) is 6.56. The summed E-state index contributed by atoms with van der Waals surface area (Å²) >= 11 is 0. The topological polar surface area (TPSA) is 73.6 Å². The highest BCUT2D eigenvalue weighted by molar-refractivity contribution is 5.91. The number of nitrogens with one attached hydrogen (secondary N) is 1. The molecule has 1 aliphatic heterocycles. The summed E-state index contributed by atoms with van der Waals surface area (Å²) in [6.07, 6.45) is 1.86. The molecule has 1 heterocycles. The van der Waals surface area contributed by atoms with Crippen LogP contribution in [0, 0.1) is 0 Å². The third-order valence-corrected chi connectivity index (χ3v) is 3.09. The fraction of sp³-hybridized carbons (Fsp3) is 0.500. The number of hydrogen-bond acceptors (Lipinski definition) is 4. The predicted octanol–water partition coefficient (Wildman–Crippen LogP) is 1.70. The lowest BCUT2D eigenvalue weighted by Crippen LogP contribution is -2.28. The number of anilines is 1. The molecule has 0 spiro atoms. The van der Waals surface area contributed by atoms with Crippen LogP contribution in [0.5, 0.6) is 0 Å². The maximum absolute atomic E-state index is 11.7. The number of benzene rings is 1. The number of rotatable bonds is 5. The average molecular weight is 301 g/mol. The Bertz CT molecular complexity index is 405.